The Hall–Kier alpha value is -2.34. The van der Waals surface area contributed by atoms with Crippen molar-refractivity contribution in [3.63, 3.8) is 0 Å². The number of hydrogen-bond donors (Lipinski definition) is 1. The van der Waals surface area contributed by atoms with Crippen LogP contribution in [-0.2, 0) is 11.2 Å². The van der Waals surface area contributed by atoms with Crippen molar-refractivity contribution in [3.05, 3.63) is 58.1 Å². The lowest BCUT2D eigenvalue weighted by atomic mass is 10.1. The Balaban J connectivity index is 1.76. The van der Waals surface area contributed by atoms with Crippen LogP contribution < -0.4 is 14.9 Å². The van der Waals surface area contributed by atoms with Gasteiger partial charge in [-0.2, -0.15) is 5.10 Å². The fraction of sp³-hybridized carbons (Fsp3) is 0.364. The van der Waals surface area contributed by atoms with Gasteiger partial charge in [-0.15, -0.1) is 0 Å². The largest absolute Gasteiger partial charge is 0.494 e. The number of ether oxygens (including phenoxy) is 2. The molecule has 5 nitrogen and oxygen atoms in total. The van der Waals surface area contributed by atoms with E-state index in [1.54, 1.807) is 6.21 Å². The van der Waals surface area contributed by atoms with E-state index in [0.29, 0.717) is 5.75 Å². The summed E-state index contributed by atoms with van der Waals surface area (Å²) in [5, 5.41) is 3.96. The number of nitrogens with zero attached hydrogens (tertiary/aromatic N) is 1. The van der Waals surface area contributed by atoms with E-state index in [2.05, 4.69) is 40.3 Å². The molecule has 1 N–H and O–H groups in total. The van der Waals surface area contributed by atoms with E-state index in [-0.39, 0.29) is 12.5 Å². The maximum Gasteiger partial charge on any atom is 0.277 e. The van der Waals surface area contributed by atoms with Crippen LogP contribution in [0.3, 0.4) is 0 Å². The minimum atomic E-state index is -0.319. The molecular formula is C22H27BrN2O3. The summed E-state index contributed by atoms with van der Waals surface area (Å²) in [6.45, 7) is 4.88. The third kappa shape index (κ3) is 7.72. The van der Waals surface area contributed by atoms with Gasteiger partial charge >= 0.3 is 0 Å². The molecule has 1 amide bonds. The zero-order chi connectivity index (χ0) is 20.2. The standard InChI is InChI=1S/C22H27BrN2O3/c1-3-5-13-27-19-10-7-18(8-11-19)15-24-25-22(26)16-28-21-12-9-17(6-4-2)14-20(21)23/h7-12,14-15H,3-6,13,16H2,1-2H3,(H,25,26)/b24-15+. The first-order valence-electron chi connectivity index (χ1n) is 9.58. The van der Waals surface area contributed by atoms with E-state index in [9.17, 15) is 4.79 Å². The number of carbonyl (C=O) groups is 1. The molecule has 2 aromatic rings. The lowest BCUT2D eigenvalue weighted by Gasteiger charge is -2.08. The van der Waals surface area contributed by atoms with Crippen LogP contribution in [0.25, 0.3) is 0 Å². The zero-order valence-electron chi connectivity index (χ0n) is 16.4. The molecule has 0 fully saturated rings. The van der Waals surface area contributed by atoms with Gasteiger partial charge in [-0.1, -0.05) is 32.8 Å². The highest BCUT2D eigenvalue weighted by molar-refractivity contribution is 9.10. The molecule has 2 rings (SSSR count). The van der Waals surface area contributed by atoms with Gasteiger partial charge in [0.15, 0.2) is 6.61 Å². The first-order valence-corrected chi connectivity index (χ1v) is 10.4. The molecule has 0 atom stereocenters. The number of rotatable bonds is 11. The van der Waals surface area contributed by atoms with Crippen molar-refractivity contribution >= 4 is 28.1 Å². The number of hydrogen-bond acceptors (Lipinski definition) is 4. The van der Waals surface area contributed by atoms with Crippen molar-refractivity contribution in [1.82, 2.24) is 5.43 Å². The molecule has 0 aliphatic carbocycles. The second kappa shape index (κ2) is 12.2. The number of amides is 1. The smallest absolute Gasteiger partial charge is 0.277 e. The quantitative estimate of drug-likeness (QED) is 0.296. The van der Waals surface area contributed by atoms with E-state index in [0.717, 1.165) is 48.1 Å². The summed E-state index contributed by atoms with van der Waals surface area (Å²) in [5.74, 6) is 1.15. The minimum Gasteiger partial charge on any atom is -0.494 e. The van der Waals surface area contributed by atoms with Gasteiger partial charge in [-0.25, -0.2) is 5.43 Å². The molecule has 0 aliphatic rings. The summed E-state index contributed by atoms with van der Waals surface area (Å²) in [6.07, 6.45) is 5.83. The van der Waals surface area contributed by atoms with Crippen LogP contribution in [0.15, 0.2) is 52.0 Å². The van der Waals surface area contributed by atoms with E-state index in [1.807, 2.05) is 42.5 Å². The monoisotopic (exact) mass is 446 g/mol. The van der Waals surface area contributed by atoms with Gasteiger partial charge in [0.25, 0.3) is 5.91 Å². The second-order valence-corrected chi connectivity index (χ2v) is 7.22. The third-order valence-corrected chi connectivity index (χ3v) is 4.56. The number of carbonyl (C=O) groups excluding carboxylic acids is 1. The van der Waals surface area contributed by atoms with Crippen LogP contribution in [0.2, 0.25) is 0 Å². The summed E-state index contributed by atoms with van der Waals surface area (Å²) < 4.78 is 12.0. The molecule has 0 bridgehead atoms. The van der Waals surface area contributed by atoms with E-state index in [4.69, 9.17) is 9.47 Å². The van der Waals surface area contributed by atoms with Crippen LogP contribution in [0.4, 0.5) is 0 Å². The van der Waals surface area contributed by atoms with Gasteiger partial charge in [-0.05, 0) is 76.3 Å². The summed E-state index contributed by atoms with van der Waals surface area (Å²) in [5.41, 5.74) is 4.58. The van der Waals surface area contributed by atoms with Crippen LogP contribution in [0.1, 0.15) is 44.2 Å². The highest BCUT2D eigenvalue weighted by Crippen LogP contribution is 2.26. The van der Waals surface area contributed by atoms with Gasteiger partial charge in [0.05, 0.1) is 17.3 Å². The molecule has 0 saturated heterocycles. The second-order valence-electron chi connectivity index (χ2n) is 6.37. The average molecular weight is 447 g/mol. The predicted molar refractivity (Wildman–Crippen MR) is 116 cm³/mol. The maximum absolute atomic E-state index is 11.9. The number of nitrogens with one attached hydrogen (secondary N) is 1. The van der Waals surface area contributed by atoms with Gasteiger partial charge in [0, 0.05) is 0 Å². The van der Waals surface area contributed by atoms with Crippen LogP contribution in [-0.4, -0.2) is 25.3 Å². The fourth-order valence-corrected chi connectivity index (χ4v) is 2.99. The summed E-state index contributed by atoms with van der Waals surface area (Å²) in [4.78, 5) is 11.9. The van der Waals surface area contributed by atoms with Crippen molar-refractivity contribution in [2.24, 2.45) is 5.10 Å². The van der Waals surface area contributed by atoms with Crippen LogP contribution in [0.5, 0.6) is 11.5 Å². The highest BCUT2D eigenvalue weighted by atomic mass is 79.9. The van der Waals surface area contributed by atoms with Crippen LogP contribution >= 0.6 is 15.9 Å². The van der Waals surface area contributed by atoms with Crippen molar-refractivity contribution in [1.29, 1.82) is 0 Å². The molecule has 0 aliphatic heterocycles. The van der Waals surface area contributed by atoms with Crippen molar-refractivity contribution < 1.29 is 14.3 Å². The lowest BCUT2D eigenvalue weighted by Crippen LogP contribution is -2.24. The zero-order valence-corrected chi connectivity index (χ0v) is 18.0. The van der Waals surface area contributed by atoms with Gasteiger partial charge in [0.2, 0.25) is 0 Å². The Morgan fingerprint density at radius 3 is 2.57 bits per heavy atom. The summed E-state index contributed by atoms with van der Waals surface area (Å²) in [7, 11) is 0. The third-order valence-electron chi connectivity index (χ3n) is 3.94. The normalized spacial score (nSPS) is 10.8. The van der Waals surface area contributed by atoms with Crippen molar-refractivity contribution in [3.8, 4) is 11.5 Å². The molecular weight excluding hydrogens is 420 g/mol. The van der Waals surface area contributed by atoms with E-state index in [1.165, 1.54) is 5.56 Å². The van der Waals surface area contributed by atoms with E-state index < -0.39 is 0 Å². The Morgan fingerprint density at radius 2 is 1.89 bits per heavy atom. The van der Waals surface area contributed by atoms with Gasteiger partial charge in [-0.3, -0.25) is 4.79 Å². The first-order chi connectivity index (χ1) is 13.6. The van der Waals surface area contributed by atoms with E-state index >= 15 is 0 Å². The number of aryl methyl sites for hydroxylation is 1. The molecule has 0 radical (unpaired) electrons. The number of hydrazone groups is 1. The Morgan fingerprint density at radius 1 is 1.11 bits per heavy atom. The fourth-order valence-electron chi connectivity index (χ4n) is 2.44. The Kier molecular flexibility index (Phi) is 9.55. The maximum atomic E-state index is 11.9. The molecule has 0 heterocycles. The molecule has 0 unspecified atom stereocenters. The van der Waals surface area contributed by atoms with Gasteiger partial charge in [0.1, 0.15) is 11.5 Å². The summed E-state index contributed by atoms with van der Waals surface area (Å²) >= 11 is 3.48. The average Bonchev–Trinajstić information content (AvgIpc) is 2.69. The molecule has 0 saturated carbocycles. The minimum absolute atomic E-state index is 0.104. The topological polar surface area (TPSA) is 59.9 Å². The number of unbranched alkanes of at least 4 members (excludes halogenated alkanes) is 1. The van der Waals surface area contributed by atoms with Crippen LogP contribution in [0, 0.1) is 0 Å². The molecule has 150 valence electrons. The first kappa shape index (κ1) is 22.0. The predicted octanol–water partition coefficient (Wildman–Crippen LogP) is 5.11. The molecule has 28 heavy (non-hydrogen) atoms. The van der Waals surface area contributed by atoms with Crippen molar-refractivity contribution in [2.45, 2.75) is 39.5 Å². The lowest BCUT2D eigenvalue weighted by molar-refractivity contribution is -0.123. The molecule has 6 heteroatoms. The summed E-state index contributed by atoms with van der Waals surface area (Å²) in [6, 6.07) is 13.5. The number of halogens is 1. The Labute approximate surface area is 175 Å². The van der Waals surface area contributed by atoms with Crippen molar-refractivity contribution in [2.75, 3.05) is 13.2 Å². The molecule has 2 aromatic carbocycles. The highest BCUT2D eigenvalue weighted by Gasteiger charge is 2.06. The van der Waals surface area contributed by atoms with Gasteiger partial charge < -0.3 is 9.47 Å². The molecule has 0 spiro atoms. The Bertz CT molecular complexity index is 776. The SMILES string of the molecule is CCCCOc1ccc(/C=N/NC(=O)COc2ccc(CCC)cc2Br)cc1. The molecule has 0 aromatic heterocycles. The number of benzene rings is 2.